The Bertz CT molecular complexity index is 842. The lowest BCUT2D eigenvalue weighted by molar-refractivity contribution is 0.0108. The molecule has 1 fully saturated rings. The van der Waals surface area contributed by atoms with Crippen LogP contribution in [0.3, 0.4) is 0 Å². The fraction of sp³-hybridized carbons (Fsp3) is 0.704. The molecule has 0 radical (unpaired) electrons. The number of carbonyl (C=O) groups is 2. The number of likely N-dealkylation sites (N-methyl/N-ethyl adjacent to an activating group) is 1. The molecular weight excluding hydrogens is 444 g/mol. The normalized spacial score (nSPS) is 25.1. The third-order valence-corrected chi connectivity index (χ3v) is 7.28. The molecule has 2 N–H and O–H groups in total. The fourth-order valence-corrected chi connectivity index (χ4v) is 5.13. The van der Waals surface area contributed by atoms with Crippen molar-refractivity contribution in [3.05, 3.63) is 23.8 Å². The summed E-state index contributed by atoms with van der Waals surface area (Å²) in [6.45, 7) is 9.33. The van der Waals surface area contributed by atoms with E-state index in [1.165, 1.54) is 6.42 Å². The minimum absolute atomic E-state index is 0.0816. The van der Waals surface area contributed by atoms with Crippen LogP contribution in [0.15, 0.2) is 18.2 Å². The first-order valence-corrected chi connectivity index (χ1v) is 13.2. The zero-order valence-electron chi connectivity index (χ0n) is 22.1. The molecule has 1 heterocycles. The van der Waals surface area contributed by atoms with Gasteiger partial charge in [-0.2, -0.15) is 0 Å². The van der Waals surface area contributed by atoms with Crippen LogP contribution in [0.2, 0.25) is 0 Å². The van der Waals surface area contributed by atoms with Crippen LogP contribution in [0, 0.1) is 5.92 Å². The van der Waals surface area contributed by atoms with Crippen LogP contribution in [0.4, 0.5) is 10.5 Å². The molecule has 0 aromatic heterocycles. The lowest BCUT2D eigenvalue weighted by atomic mass is 9.96. The van der Waals surface area contributed by atoms with Gasteiger partial charge in [0.2, 0.25) is 0 Å². The molecule has 1 aromatic rings. The summed E-state index contributed by atoms with van der Waals surface area (Å²) in [6, 6.07) is 5.48. The maximum atomic E-state index is 13.5. The maximum absolute atomic E-state index is 13.5. The van der Waals surface area contributed by atoms with Crippen LogP contribution in [0.25, 0.3) is 0 Å². The summed E-state index contributed by atoms with van der Waals surface area (Å²) >= 11 is 0. The van der Waals surface area contributed by atoms with Gasteiger partial charge < -0.3 is 25.0 Å². The summed E-state index contributed by atoms with van der Waals surface area (Å²) in [5, 5.41) is 5.98. The molecule has 1 aromatic carbocycles. The summed E-state index contributed by atoms with van der Waals surface area (Å²) < 4.78 is 12.0. The Morgan fingerprint density at radius 3 is 2.60 bits per heavy atom. The van der Waals surface area contributed by atoms with E-state index in [4.69, 9.17) is 9.47 Å². The summed E-state index contributed by atoms with van der Waals surface area (Å²) in [5.74, 6) is 0.634. The standard InChI is InChI=1S/C27H44N4O4/c1-6-14-31-16-19(2)25(34-5)17-30(4)26(32)23-15-22(12-13-24(23)35-18-20(31)3)29-27(33)28-21-10-8-7-9-11-21/h12-13,15,19-21,25H,6-11,14,16-18H2,1-5H3,(H2,28,29,33)/t19-,20-,25+/m1/s1. The van der Waals surface area contributed by atoms with Crippen LogP contribution in [-0.4, -0.2) is 80.3 Å². The Morgan fingerprint density at radius 1 is 1.17 bits per heavy atom. The second kappa shape index (κ2) is 13.1. The minimum Gasteiger partial charge on any atom is -0.491 e. The molecule has 0 unspecified atom stereocenters. The first-order valence-electron chi connectivity index (χ1n) is 13.2. The molecule has 1 aliphatic carbocycles. The molecule has 3 amide bonds. The zero-order chi connectivity index (χ0) is 25.4. The van der Waals surface area contributed by atoms with Gasteiger partial charge in [-0.15, -0.1) is 0 Å². The largest absolute Gasteiger partial charge is 0.491 e. The van der Waals surface area contributed by atoms with Crippen molar-refractivity contribution < 1.29 is 19.1 Å². The van der Waals surface area contributed by atoms with Crippen LogP contribution < -0.4 is 15.4 Å². The Kier molecular flexibility index (Phi) is 10.2. The predicted octanol–water partition coefficient (Wildman–Crippen LogP) is 4.36. The number of methoxy groups -OCH3 is 1. The van der Waals surface area contributed by atoms with Gasteiger partial charge in [0.15, 0.2) is 0 Å². The van der Waals surface area contributed by atoms with Crippen LogP contribution in [0.5, 0.6) is 5.75 Å². The second-order valence-electron chi connectivity index (χ2n) is 10.2. The van der Waals surface area contributed by atoms with E-state index >= 15 is 0 Å². The van der Waals surface area contributed by atoms with Crippen LogP contribution >= 0.6 is 0 Å². The Morgan fingerprint density at radius 2 is 1.91 bits per heavy atom. The van der Waals surface area contributed by atoms with Gasteiger partial charge in [-0.1, -0.05) is 33.1 Å². The number of nitrogens with zero attached hydrogens (tertiary/aromatic N) is 2. The highest BCUT2D eigenvalue weighted by molar-refractivity contribution is 5.99. The van der Waals surface area contributed by atoms with Gasteiger partial charge in [0, 0.05) is 45.0 Å². The highest BCUT2D eigenvalue weighted by Crippen LogP contribution is 2.27. The van der Waals surface area contributed by atoms with E-state index in [1.54, 1.807) is 37.3 Å². The van der Waals surface area contributed by atoms with Crippen molar-refractivity contribution in [3.63, 3.8) is 0 Å². The van der Waals surface area contributed by atoms with E-state index in [2.05, 4.69) is 36.3 Å². The highest BCUT2D eigenvalue weighted by Gasteiger charge is 2.28. The molecule has 3 atom stereocenters. The molecule has 35 heavy (non-hydrogen) atoms. The minimum atomic E-state index is -0.233. The van der Waals surface area contributed by atoms with Crippen molar-refractivity contribution in [2.24, 2.45) is 5.92 Å². The number of anilines is 1. The Balaban J connectivity index is 1.82. The third-order valence-electron chi connectivity index (χ3n) is 7.28. The molecule has 0 spiro atoms. The van der Waals surface area contributed by atoms with Crippen molar-refractivity contribution in [3.8, 4) is 5.75 Å². The number of hydrogen-bond donors (Lipinski definition) is 2. The van der Waals surface area contributed by atoms with Crippen molar-refractivity contribution in [1.82, 2.24) is 15.1 Å². The number of carbonyl (C=O) groups excluding carboxylic acids is 2. The average Bonchev–Trinajstić information content (AvgIpc) is 2.85. The van der Waals surface area contributed by atoms with Gasteiger partial charge in [0.05, 0.1) is 11.7 Å². The lowest BCUT2D eigenvalue weighted by Crippen LogP contribution is -2.46. The Labute approximate surface area is 210 Å². The number of rotatable bonds is 5. The van der Waals surface area contributed by atoms with Crippen molar-refractivity contribution in [1.29, 1.82) is 0 Å². The smallest absolute Gasteiger partial charge is 0.319 e. The number of urea groups is 1. The number of benzene rings is 1. The van der Waals surface area contributed by atoms with E-state index in [9.17, 15) is 9.59 Å². The van der Waals surface area contributed by atoms with Gasteiger partial charge in [0.25, 0.3) is 5.91 Å². The van der Waals surface area contributed by atoms with Crippen molar-refractivity contribution >= 4 is 17.6 Å². The monoisotopic (exact) mass is 488 g/mol. The summed E-state index contributed by atoms with van der Waals surface area (Å²) in [7, 11) is 3.50. The highest BCUT2D eigenvalue weighted by atomic mass is 16.5. The van der Waals surface area contributed by atoms with E-state index in [1.807, 2.05) is 0 Å². The number of amides is 3. The van der Waals surface area contributed by atoms with E-state index in [-0.39, 0.29) is 36.0 Å². The first kappa shape index (κ1) is 27.3. The fourth-order valence-electron chi connectivity index (χ4n) is 5.13. The van der Waals surface area contributed by atoms with Gasteiger partial charge in [-0.05, 0) is 56.8 Å². The molecule has 1 aliphatic heterocycles. The topological polar surface area (TPSA) is 83.1 Å². The summed E-state index contributed by atoms with van der Waals surface area (Å²) in [4.78, 5) is 30.2. The van der Waals surface area contributed by atoms with Gasteiger partial charge in [-0.25, -0.2) is 4.79 Å². The molecule has 0 saturated heterocycles. The molecule has 8 heteroatoms. The molecule has 1 saturated carbocycles. The second-order valence-corrected chi connectivity index (χ2v) is 10.2. The quantitative estimate of drug-likeness (QED) is 0.644. The zero-order valence-corrected chi connectivity index (χ0v) is 22.1. The molecule has 0 bridgehead atoms. The Hall–Kier alpha value is -2.32. The summed E-state index contributed by atoms with van der Waals surface area (Å²) in [5.41, 5.74) is 1.02. The molecular formula is C27H44N4O4. The van der Waals surface area contributed by atoms with Crippen molar-refractivity contribution in [2.45, 2.75) is 77.5 Å². The van der Waals surface area contributed by atoms with Crippen LogP contribution in [0.1, 0.15) is 69.7 Å². The number of hydrogen-bond acceptors (Lipinski definition) is 5. The van der Waals surface area contributed by atoms with Gasteiger partial charge in [0.1, 0.15) is 12.4 Å². The first-order chi connectivity index (χ1) is 16.8. The molecule has 196 valence electrons. The van der Waals surface area contributed by atoms with Crippen molar-refractivity contribution in [2.75, 3.05) is 45.7 Å². The number of nitrogens with one attached hydrogen (secondary N) is 2. The average molecular weight is 489 g/mol. The van der Waals surface area contributed by atoms with E-state index in [0.717, 1.165) is 45.2 Å². The number of fused-ring (bicyclic) bond motifs is 1. The molecule has 2 aliphatic rings. The third kappa shape index (κ3) is 7.58. The van der Waals surface area contributed by atoms with Gasteiger partial charge in [-0.3, -0.25) is 9.69 Å². The molecule has 3 rings (SSSR count). The van der Waals surface area contributed by atoms with Crippen LogP contribution in [-0.2, 0) is 4.74 Å². The van der Waals surface area contributed by atoms with Gasteiger partial charge >= 0.3 is 6.03 Å². The molecule has 8 nitrogen and oxygen atoms in total. The maximum Gasteiger partial charge on any atom is 0.319 e. The summed E-state index contributed by atoms with van der Waals surface area (Å²) in [6.07, 6.45) is 6.54. The van der Waals surface area contributed by atoms with E-state index in [0.29, 0.717) is 30.2 Å². The van der Waals surface area contributed by atoms with E-state index < -0.39 is 0 Å². The SMILES string of the molecule is CCCN1C[C@@H](C)[C@@H](OC)CN(C)C(=O)c2cc(NC(=O)NC3CCCCC3)ccc2OC[C@H]1C. The number of ether oxygens (including phenoxy) is 2. The lowest BCUT2D eigenvalue weighted by Gasteiger charge is -2.35. The predicted molar refractivity (Wildman–Crippen MR) is 139 cm³/mol.